The molecule has 1 aliphatic rings. The minimum Gasteiger partial charge on any atom is -0.471 e. The second kappa shape index (κ2) is 15.1. The highest BCUT2D eigenvalue weighted by atomic mass is 19.4. The Morgan fingerprint density at radius 2 is 1.63 bits per heavy atom. The lowest BCUT2D eigenvalue weighted by atomic mass is 9.77. The van der Waals surface area contributed by atoms with E-state index in [1.54, 1.807) is 0 Å². The molecule has 1 atom stereocenters. The van der Waals surface area contributed by atoms with Crippen LogP contribution in [0.4, 0.5) is 24.8 Å². The van der Waals surface area contributed by atoms with Gasteiger partial charge in [-0.1, -0.05) is 70.4 Å². The standard InChI is InChI=1S/C26H28F3N3.C2H4O2.C2H6/c1-17-14-22(16-23(15-17)31-25-30-13-12-24(32-25)26(27,28)29)21-10-8-20(9-11-21)18(2)19-6-4-3-5-7-19;1-4-2-3;1-2/h8-16,18-19H,3-7H2,1-2H3,(H,30,31,32);2H,1H3;1-2H3. The van der Waals surface area contributed by atoms with Crippen LogP contribution in [0.3, 0.4) is 0 Å². The van der Waals surface area contributed by atoms with Crippen molar-refractivity contribution < 1.29 is 22.7 Å². The van der Waals surface area contributed by atoms with Crippen molar-refractivity contribution in [3.05, 3.63) is 71.5 Å². The molecule has 0 saturated heterocycles. The first-order valence-electron chi connectivity index (χ1n) is 13.1. The molecule has 206 valence electrons. The summed E-state index contributed by atoms with van der Waals surface area (Å²) < 4.78 is 42.7. The topological polar surface area (TPSA) is 64.1 Å². The second-order valence-electron chi connectivity index (χ2n) is 9.12. The van der Waals surface area contributed by atoms with Gasteiger partial charge >= 0.3 is 6.18 Å². The van der Waals surface area contributed by atoms with Crippen LogP contribution in [0.1, 0.15) is 75.6 Å². The maximum atomic E-state index is 12.9. The third-order valence-electron chi connectivity index (χ3n) is 6.50. The molecule has 0 aliphatic heterocycles. The molecule has 1 aliphatic carbocycles. The smallest absolute Gasteiger partial charge is 0.433 e. The number of hydrogen-bond donors (Lipinski definition) is 1. The van der Waals surface area contributed by atoms with E-state index in [0.29, 0.717) is 18.1 Å². The highest BCUT2D eigenvalue weighted by Gasteiger charge is 2.32. The molecule has 5 nitrogen and oxygen atoms in total. The predicted octanol–water partition coefficient (Wildman–Crippen LogP) is 8.71. The van der Waals surface area contributed by atoms with E-state index in [9.17, 15) is 13.2 Å². The number of halogens is 3. The fraction of sp³-hybridized carbons (Fsp3) is 0.433. The lowest BCUT2D eigenvalue weighted by Gasteiger charge is -2.28. The molecule has 0 radical (unpaired) electrons. The van der Waals surface area contributed by atoms with Gasteiger partial charge < -0.3 is 10.1 Å². The normalized spacial score (nSPS) is 14.2. The van der Waals surface area contributed by atoms with Crippen molar-refractivity contribution in [3.8, 4) is 11.1 Å². The Balaban J connectivity index is 0.000000773. The fourth-order valence-electron chi connectivity index (χ4n) is 4.61. The first kappa shape index (κ1) is 30.8. The van der Waals surface area contributed by atoms with Crippen LogP contribution >= 0.6 is 0 Å². The molecule has 3 aromatic rings. The zero-order valence-electron chi connectivity index (χ0n) is 22.8. The van der Waals surface area contributed by atoms with Crippen LogP contribution in [0.5, 0.6) is 0 Å². The van der Waals surface area contributed by atoms with Gasteiger partial charge in [0.05, 0.1) is 7.11 Å². The largest absolute Gasteiger partial charge is 0.471 e. The number of hydrogen-bond acceptors (Lipinski definition) is 5. The summed E-state index contributed by atoms with van der Waals surface area (Å²) in [5.41, 5.74) is 4.11. The van der Waals surface area contributed by atoms with E-state index in [2.05, 4.69) is 57.3 Å². The molecule has 4 rings (SSSR count). The third-order valence-corrected chi connectivity index (χ3v) is 6.50. The van der Waals surface area contributed by atoms with Gasteiger partial charge in [-0.05, 0) is 72.1 Å². The predicted molar refractivity (Wildman–Crippen MR) is 146 cm³/mol. The monoisotopic (exact) mass is 529 g/mol. The van der Waals surface area contributed by atoms with Gasteiger partial charge in [0.2, 0.25) is 5.95 Å². The van der Waals surface area contributed by atoms with Crippen LogP contribution in [-0.4, -0.2) is 23.5 Å². The van der Waals surface area contributed by atoms with Gasteiger partial charge in [0.15, 0.2) is 0 Å². The lowest BCUT2D eigenvalue weighted by molar-refractivity contribution is -0.141. The number of nitrogens with zero attached hydrogens (tertiary/aromatic N) is 2. The van der Waals surface area contributed by atoms with E-state index in [1.807, 2.05) is 32.9 Å². The first-order valence-corrected chi connectivity index (χ1v) is 13.1. The number of carbonyl (C=O) groups is 1. The zero-order valence-corrected chi connectivity index (χ0v) is 22.8. The number of aromatic nitrogens is 2. The lowest BCUT2D eigenvalue weighted by Crippen LogP contribution is -2.13. The summed E-state index contributed by atoms with van der Waals surface area (Å²) in [5.74, 6) is 1.24. The molecule has 1 heterocycles. The van der Waals surface area contributed by atoms with Crippen molar-refractivity contribution >= 4 is 18.1 Å². The Hall–Kier alpha value is -3.42. The Kier molecular flexibility index (Phi) is 12.2. The van der Waals surface area contributed by atoms with Gasteiger partial charge in [-0.3, -0.25) is 4.79 Å². The van der Waals surface area contributed by atoms with Crippen LogP contribution in [-0.2, 0) is 15.7 Å². The van der Waals surface area contributed by atoms with Crippen molar-refractivity contribution in [2.45, 2.75) is 71.9 Å². The second-order valence-corrected chi connectivity index (χ2v) is 9.12. The fourth-order valence-corrected chi connectivity index (χ4v) is 4.61. The van der Waals surface area contributed by atoms with E-state index < -0.39 is 11.9 Å². The van der Waals surface area contributed by atoms with Gasteiger partial charge in [0.25, 0.3) is 6.47 Å². The van der Waals surface area contributed by atoms with Crippen LogP contribution < -0.4 is 5.32 Å². The molecule has 1 saturated carbocycles. The molecule has 0 bridgehead atoms. The molecule has 1 fully saturated rings. The number of alkyl halides is 3. The molecular formula is C30H38F3N3O2. The van der Waals surface area contributed by atoms with Crippen LogP contribution in [0.15, 0.2) is 54.7 Å². The number of ether oxygens (including phenoxy) is 1. The van der Waals surface area contributed by atoms with Crippen molar-refractivity contribution in [3.63, 3.8) is 0 Å². The van der Waals surface area contributed by atoms with Crippen molar-refractivity contribution in [1.82, 2.24) is 9.97 Å². The Bertz CT molecular complexity index is 1130. The van der Waals surface area contributed by atoms with E-state index >= 15 is 0 Å². The Morgan fingerprint density at radius 3 is 2.21 bits per heavy atom. The maximum absolute atomic E-state index is 12.9. The summed E-state index contributed by atoms with van der Waals surface area (Å²) in [6, 6.07) is 15.4. The number of aryl methyl sites for hydroxylation is 1. The molecular weight excluding hydrogens is 491 g/mol. The summed E-state index contributed by atoms with van der Waals surface area (Å²) in [6.45, 7) is 8.66. The minimum atomic E-state index is -4.51. The van der Waals surface area contributed by atoms with Crippen LogP contribution in [0.2, 0.25) is 0 Å². The van der Waals surface area contributed by atoms with E-state index in [4.69, 9.17) is 4.79 Å². The number of nitrogens with one attached hydrogen (secondary N) is 1. The molecule has 2 aromatic carbocycles. The zero-order chi connectivity index (χ0) is 28.1. The quantitative estimate of drug-likeness (QED) is 0.324. The molecule has 0 amide bonds. The average Bonchev–Trinajstić information content (AvgIpc) is 2.94. The molecule has 38 heavy (non-hydrogen) atoms. The van der Waals surface area contributed by atoms with Crippen LogP contribution in [0.25, 0.3) is 11.1 Å². The molecule has 1 unspecified atom stereocenters. The first-order chi connectivity index (χ1) is 18.2. The molecule has 1 aromatic heterocycles. The summed E-state index contributed by atoms with van der Waals surface area (Å²) in [4.78, 5) is 16.5. The Labute approximate surface area is 223 Å². The number of rotatable bonds is 6. The van der Waals surface area contributed by atoms with E-state index in [-0.39, 0.29) is 5.95 Å². The number of anilines is 2. The van der Waals surface area contributed by atoms with Crippen molar-refractivity contribution in [2.75, 3.05) is 12.4 Å². The van der Waals surface area contributed by atoms with Gasteiger partial charge in [-0.2, -0.15) is 13.2 Å². The third kappa shape index (κ3) is 9.15. The summed E-state index contributed by atoms with van der Waals surface area (Å²) in [6.07, 6.45) is 3.26. The SMILES string of the molecule is CC.COC=O.Cc1cc(Nc2nccc(C(F)(F)F)n2)cc(-c2ccc(C(C)C3CCCCC3)cc2)c1. The average molecular weight is 530 g/mol. The molecule has 1 N–H and O–H groups in total. The highest BCUT2D eigenvalue weighted by molar-refractivity contribution is 5.71. The van der Waals surface area contributed by atoms with Crippen molar-refractivity contribution in [1.29, 1.82) is 0 Å². The van der Waals surface area contributed by atoms with E-state index in [0.717, 1.165) is 34.9 Å². The maximum Gasteiger partial charge on any atom is 0.433 e. The summed E-state index contributed by atoms with van der Waals surface area (Å²) >= 11 is 0. The molecule has 8 heteroatoms. The number of carbonyl (C=O) groups excluding carboxylic acids is 1. The van der Waals surface area contributed by atoms with Gasteiger partial charge in [0.1, 0.15) is 5.69 Å². The highest BCUT2D eigenvalue weighted by Crippen LogP contribution is 2.36. The summed E-state index contributed by atoms with van der Waals surface area (Å²) in [5, 5.41) is 2.92. The van der Waals surface area contributed by atoms with Crippen LogP contribution in [0, 0.1) is 12.8 Å². The number of methoxy groups -OCH3 is 1. The Morgan fingerprint density at radius 1 is 1.00 bits per heavy atom. The van der Waals surface area contributed by atoms with Gasteiger partial charge in [0, 0.05) is 11.9 Å². The van der Waals surface area contributed by atoms with Crippen molar-refractivity contribution in [2.24, 2.45) is 5.92 Å². The number of benzene rings is 2. The van der Waals surface area contributed by atoms with Gasteiger partial charge in [-0.25, -0.2) is 9.97 Å². The van der Waals surface area contributed by atoms with E-state index in [1.165, 1.54) is 44.8 Å². The van der Waals surface area contributed by atoms with Gasteiger partial charge in [-0.15, -0.1) is 0 Å². The summed E-state index contributed by atoms with van der Waals surface area (Å²) in [7, 11) is 1.31. The minimum absolute atomic E-state index is 0.0759. The molecule has 0 spiro atoms.